The van der Waals surface area contributed by atoms with Gasteiger partial charge in [-0.05, 0) is 47.2 Å². The first-order valence-electron chi connectivity index (χ1n) is 11.0. The SMILES string of the molecule is O=C(Cc1ccc(-c2ccccc2)cc1)NCc1ccc(S(=O)(=O)N2CCCCC2)cc1. The molecule has 0 spiro atoms. The van der Waals surface area contributed by atoms with Crippen LogP contribution < -0.4 is 5.32 Å². The fourth-order valence-electron chi connectivity index (χ4n) is 3.93. The van der Waals surface area contributed by atoms with Gasteiger partial charge in [-0.15, -0.1) is 0 Å². The van der Waals surface area contributed by atoms with Gasteiger partial charge in [0.25, 0.3) is 0 Å². The molecule has 0 aromatic heterocycles. The number of nitrogens with one attached hydrogen (secondary N) is 1. The number of carbonyl (C=O) groups excluding carboxylic acids is 1. The lowest BCUT2D eigenvalue weighted by Gasteiger charge is -2.25. The van der Waals surface area contributed by atoms with E-state index in [0.29, 0.717) is 31.0 Å². The van der Waals surface area contributed by atoms with Crippen molar-refractivity contribution in [1.29, 1.82) is 0 Å². The second-order valence-corrected chi connectivity index (χ2v) is 10.1. The molecule has 0 atom stereocenters. The predicted octanol–water partition coefficient (Wildman–Crippen LogP) is 4.39. The fourth-order valence-corrected chi connectivity index (χ4v) is 5.44. The van der Waals surface area contributed by atoms with Gasteiger partial charge in [-0.2, -0.15) is 4.31 Å². The van der Waals surface area contributed by atoms with E-state index in [0.717, 1.165) is 41.5 Å². The third-order valence-corrected chi connectivity index (χ3v) is 7.70. The van der Waals surface area contributed by atoms with Crippen molar-refractivity contribution >= 4 is 15.9 Å². The first-order chi connectivity index (χ1) is 15.5. The number of hydrogen-bond acceptors (Lipinski definition) is 3. The molecule has 1 aliphatic rings. The van der Waals surface area contributed by atoms with Crippen molar-refractivity contribution in [3.05, 3.63) is 90.0 Å². The Bertz CT molecular complexity index is 1140. The van der Waals surface area contributed by atoms with Crippen LogP contribution in [-0.2, 0) is 27.8 Å². The van der Waals surface area contributed by atoms with Crippen LogP contribution in [0.4, 0.5) is 0 Å². The zero-order valence-electron chi connectivity index (χ0n) is 18.0. The lowest BCUT2D eigenvalue weighted by molar-refractivity contribution is -0.120. The molecule has 1 aliphatic heterocycles. The fraction of sp³-hybridized carbons (Fsp3) is 0.269. The highest BCUT2D eigenvalue weighted by molar-refractivity contribution is 7.89. The minimum atomic E-state index is -3.43. The third kappa shape index (κ3) is 5.44. The number of rotatable bonds is 7. The maximum Gasteiger partial charge on any atom is 0.243 e. The van der Waals surface area contributed by atoms with E-state index in [-0.39, 0.29) is 5.91 Å². The second kappa shape index (κ2) is 10.1. The molecule has 5 nitrogen and oxygen atoms in total. The monoisotopic (exact) mass is 448 g/mol. The first-order valence-corrected chi connectivity index (χ1v) is 12.5. The van der Waals surface area contributed by atoms with Crippen LogP contribution in [-0.4, -0.2) is 31.7 Å². The summed E-state index contributed by atoms with van der Waals surface area (Å²) >= 11 is 0. The predicted molar refractivity (Wildman–Crippen MR) is 126 cm³/mol. The van der Waals surface area contributed by atoms with E-state index in [4.69, 9.17) is 0 Å². The molecule has 32 heavy (non-hydrogen) atoms. The number of hydrogen-bond donors (Lipinski definition) is 1. The molecule has 4 rings (SSSR count). The molecule has 3 aromatic rings. The van der Waals surface area contributed by atoms with Gasteiger partial charge in [0.2, 0.25) is 15.9 Å². The van der Waals surface area contributed by atoms with Crippen LogP contribution in [0.3, 0.4) is 0 Å². The van der Waals surface area contributed by atoms with Gasteiger partial charge >= 0.3 is 0 Å². The molecule has 0 aliphatic carbocycles. The van der Waals surface area contributed by atoms with Crippen LogP contribution >= 0.6 is 0 Å². The van der Waals surface area contributed by atoms with Crippen molar-refractivity contribution in [2.24, 2.45) is 0 Å². The van der Waals surface area contributed by atoms with E-state index < -0.39 is 10.0 Å². The average Bonchev–Trinajstić information content (AvgIpc) is 2.84. The van der Waals surface area contributed by atoms with E-state index in [2.05, 4.69) is 17.4 Å². The Morgan fingerprint density at radius 3 is 2.00 bits per heavy atom. The van der Waals surface area contributed by atoms with Crippen LogP contribution in [0.25, 0.3) is 11.1 Å². The Morgan fingerprint density at radius 1 is 0.750 bits per heavy atom. The normalized spacial score (nSPS) is 14.8. The largest absolute Gasteiger partial charge is 0.352 e. The summed E-state index contributed by atoms with van der Waals surface area (Å²) in [5, 5.41) is 2.92. The molecule has 0 unspecified atom stereocenters. The van der Waals surface area contributed by atoms with E-state index in [9.17, 15) is 13.2 Å². The number of sulfonamides is 1. The molecule has 1 N–H and O–H groups in total. The molecule has 1 saturated heterocycles. The van der Waals surface area contributed by atoms with Crippen molar-refractivity contribution in [2.75, 3.05) is 13.1 Å². The highest BCUT2D eigenvalue weighted by Crippen LogP contribution is 2.21. The topological polar surface area (TPSA) is 66.5 Å². The van der Waals surface area contributed by atoms with Crippen molar-refractivity contribution in [3.63, 3.8) is 0 Å². The Labute approximate surface area is 190 Å². The van der Waals surface area contributed by atoms with E-state index in [1.807, 2.05) is 42.5 Å². The zero-order valence-corrected chi connectivity index (χ0v) is 18.9. The Kier molecular flexibility index (Phi) is 7.02. The summed E-state index contributed by atoms with van der Waals surface area (Å²) in [7, 11) is -3.43. The average molecular weight is 449 g/mol. The van der Waals surface area contributed by atoms with Crippen LogP contribution in [0, 0.1) is 0 Å². The second-order valence-electron chi connectivity index (χ2n) is 8.13. The number of benzene rings is 3. The van der Waals surface area contributed by atoms with Crippen LogP contribution in [0.2, 0.25) is 0 Å². The minimum Gasteiger partial charge on any atom is -0.352 e. The molecular formula is C26H28N2O3S. The van der Waals surface area contributed by atoms with Gasteiger partial charge in [0.15, 0.2) is 0 Å². The molecule has 3 aromatic carbocycles. The van der Waals surface area contributed by atoms with Crippen LogP contribution in [0.1, 0.15) is 30.4 Å². The minimum absolute atomic E-state index is 0.0672. The number of piperidine rings is 1. The molecular weight excluding hydrogens is 420 g/mol. The summed E-state index contributed by atoms with van der Waals surface area (Å²) in [4.78, 5) is 12.7. The molecule has 0 bridgehead atoms. The zero-order chi connectivity index (χ0) is 22.4. The van der Waals surface area contributed by atoms with Crippen molar-refractivity contribution in [1.82, 2.24) is 9.62 Å². The lowest BCUT2D eigenvalue weighted by atomic mass is 10.0. The van der Waals surface area contributed by atoms with E-state index >= 15 is 0 Å². The molecule has 6 heteroatoms. The van der Waals surface area contributed by atoms with Crippen molar-refractivity contribution in [3.8, 4) is 11.1 Å². The summed E-state index contributed by atoms with van der Waals surface area (Å²) in [5.74, 6) is -0.0672. The summed E-state index contributed by atoms with van der Waals surface area (Å²) in [6, 6.07) is 24.9. The van der Waals surface area contributed by atoms with Gasteiger partial charge in [-0.3, -0.25) is 4.79 Å². The molecule has 0 saturated carbocycles. The highest BCUT2D eigenvalue weighted by Gasteiger charge is 2.25. The molecule has 1 heterocycles. The maximum atomic E-state index is 12.7. The molecule has 1 amide bonds. The summed E-state index contributed by atoms with van der Waals surface area (Å²) < 4.78 is 27.0. The van der Waals surface area contributed by atoms with Gasteiger partial charge in [0.1, 0.15) is 0 Å². The van der Waals surface area contributed by atoms with Crippen molar-refractivity contribution < 1.29 is 13.2 Å². The number of amides is 1. The summed E-state index contributed by atoms with van der Waals surface area (Å²) in [6.07, 6.45) is 3.22. The van der Waals surface area contributed by atoms with Crippen LogP contribution in [0.15, 0.2) is 83.8 Å². The lowest BCUT2D eigenvalue weighted by Crippen LogP contribution is -2.35. The third-order valence-electron chi connectivity index (χ3n) is 5.79. The standard InChI is InChI=1S/C26H28N2O3S/c29-26(19-21-9-13-24(14-10-21)23-7-3-1-4-8-23)27-20-22-11-15-25(16-12-22)32(30,31)28-17-5-2-6-18-28/h1,3-4,7-16H,2,5-6,17-20H2,(H,27,29). The van der Waals surface area contributed by atoms with Gasteiger partial charge < -0.3 is 5.32 Å². The highest BCUT2D eigenvalue weighted by atomic mass is 32.2. The van der Waals surface area contributed by atoms with Gasteiger partial charge in [-0.25, -0.2) is 8.42 Å². The Morgan fingerprint density at radius 2 is 1.34 bits per heavy atom. The molecule has 0 radical (unpaired) electrons. The first kappa shape index (κ1) is 22.2. The van der Waals surface area contributed by atoms with E-state index in [1.165, 1.54) is 0 Å². The Hall–Kier alpha value is -2.96. The van der Waals surface area contributed by atoms with Gasteiger partial charge in [0.05, 0.1) is 11.3 Å². The van der Waals surface area contributed by atoms with Crippen LogP contribution in [0.5, 0.6) is 0 Å². The molecule has 1 fully saturated rings. The smallest absolute Gasteiger partial charge is 0.243 e. The number of carbonyl (C=O) groups is 1. The quantitative estimate of drug-likeness (QED) is 0.583. The Balaban J connectivity index is 1.30. The maximum absolute atomic E-state index is 12.7. The number of nitrogens with zero attached hydrogens (tertiary/aromatic N) is 1. The van der Waals surface area contributed by atoms with Gasteiger partial charge in [-0.1, -0.05) is 73.2 Å². The van der Waals surface area contributed by atoms with Gasteiger partial charge in [0, 0.05) is 19.6 Å². The van der Waals surface area contributed by atoms with Crippen molar-refractivity contribution in [2.45, 2.75) is 37.1 Å². The van der Waals surface area contributed by atoms with E-state index in [1.54, 1.807) is 28.6 Å². The molecule has 166 valence electrons. The summed E-state index contributed by atoms with van der Waals surface area (Å²) in [6.45, 7) is 1.55. The summed E-state index contributed by atoms with van der Waals surface area (Å²) in [5.41, 5.74) is 4.09.